The van der Waals surface area contributed by atoms with Crippen molar-refractivity contribution in [1.82, 2.24) is 10.3 Å². The van der Waals surface area contributed by atoms with E-state index in [1.807, 2.05) is 22.9 Å². The molecule has 0 aliphatic heterocycles. The van der Waals surface area contributed by atoms with Crippen molar-refractivity contribution in [1.29, 1.82) is 0 Å². The van der Waals surface area contributed by atoms with Crippen LogP contribution < -0.4 is 11.1 Å². The van der Waals surface area contributed by atoms with Crippen molar-refractivity contribution < 1.29 is 4.79 Å². The van der Waals surface area contributed by atoms with E-state index in [1.54, 1.807) is 11.3 Å². The topological polar surface area (TPSA) is 68.0 Å². The van der Waals surface area contributed by atoms with Crippen molar-refractivity contribution in [3.05, 3.63) is 28.6 Å². The minimum absolute atomic E-state index is 0. The SMILES string of the molecule is Cl.Cl.NC1CCC(NC(=O)c2csc(-c3cccs3)n2)CC1. The summed E-state index contributed by atoms with van der Waals surface area (Å²) < 4.78 is 0. The number of rotatable bonds is 3. The molecule has 1 aliphatic carbocycles. The van der Waals surface area contributed by atoms with E-state index in [4.69, 9.17) is 5.73 Å². The lowest BCUT2D eigenvalue weighted by Crippen LogP contribution is -2.40. The van der Waals surface area contributed by atoms with Gasteiger partial charge >= 0.3 is 0 Å². The molecule has 1 saturated carbocycles. The van der Waals surface area contributed by atoms with Gasteiger partial charge in [0.1, 0.15) is 10.7 Å². The largest absolute Gasteiger partial charge is 0.348 e. The first-order chi connectivity index (χ1) is 9.72. The average Bonchev–Trinajstić information content (AvgIpc) is 3.11. The highest BCUT2D eigenvalue weighted by atomic mass is 35.5. The molecular weight excluding hydrogens is 361 g/mol. The number of nitrogens with zero attached hydrogens (tertiary/aromatic N) is 1. The first kappa shape index (κ1) is 19.4. The van der Waals surface area contributed by atoms with Crippen LogP contribution >= 0.6 is 47.5 Å². The molecule has 0 bridgehead atoms. The van der Waals surface area contributed by atoms with Gasteiger partial charge < -0.3 is 11.1 Å². The van der Waals surface area contributed by atoms with E-state index in [-0.39, 0.29) is 36.8 Å². The molecule has 3 N–H and O–H groups in total. The van der Waals surface area contributed by atoms with E-state index < -0.39 is 0 Å². The molecule has 0 radical (unpaired) electrons. The van der Waals surface area contributed by atoms with Gasteiger partial charge in [0.2, 0.25) is 0 Å². The number of hydrogen-bond donors (Lipinski definition) is 2. The van der Waals surface area contributed by atoms with E-state index in [0.717, 1.165) is 35.6 Å². The molecular formula is C14H19Cl2N3OS2. The van der Waals surface area contributed by atoms with E-state index in [2.05, 4.69) is 10.3 Å². The maximum absolute atomic E-state index is 12.2. The Morgan fingerprint density at radius 2 is 1.95 bits per heavy atom. The number of amides is 1. The summed E-state index contributed by atoms with van der Waals surface area (Å²) in [5.41, 5.74) is 6.40. The minimum atomic E-state index is -0.0653. The number of nitrogens with one attached hydrogen (secondary N) is 1. The van der Waals surface area contributed by atoms with Gasteiger partial charge in [0.15, 0.2) is 0 Å². The number of carbonyl (C=O) groups excluding carboxylic acids is 1. The van der Waals surface area contributed by atoms with Crippen LogP contribution in [0, 0.1) is 0 Å². The second kappa shape index (κ2) is 8.84. The standard InChI is InChI=1S/C14H17N3OS2.2ClH/c15-9-3-5-10(6-4-9)16-13(18)11-8-20-14(17-11)12-2-1-7-19-12;;/h1-2,7-10H,3-6,15H2,(H,16,18);2*1H. The lowest BCUT2D eigenvalue weighted by Gasteiger charge is -2.26. The summed E-state index contributed by atoms with van der Waals surface area (Å²) in [7, 11) is 0. The zero-order valence-corrected chi connectivity index (χ0v) is 15.1. The van der Waals surface area contributed by atoms with Crippen LogP contribution in [-0.4, -0.2) is 23.0 Å². The Balaban J connectivity index is 0.00000121. The first-order valence-electron chi connectivity index (χ1n) is 6.78. The fourth-order valence-corrected chi connectivity index (χ4v) is 4.03. The molecule has 0 atom stereocenters. The molecule has 4 nitrogen and oxygen atoms in total. The number of thiophene rings is 1. The molecule has 0 spiro atoms. The van der Waals surface area contributed by atoms with Crippen molar-refractivity contribution in [3.63, 3.8) is 0 Å². The van der Waals surface area contributed by atoms with Gasteiger partial charge in [0.25, 0.3) is 5.91 Å². The Morgan fingerprint density at radius 1 is 1.23 bits per heavy atom. The summed E-state index contributed by atoms with van der Waals surface area (Å²) in [6, 6.07) is 4.56. The van der Waals surface area contributed by atoms with Crippen molar-refractivity contribution in [2.75, 3.05) is 0 Å². The number of hydrogen-bond acceptors (Lipinski definition) is 5. The van der Waals surface area contributed by atoms with E-state index in [9.17, 15) is 4.79 Å². The highest BCUT2D eigenvalue weighted by molar-refractivity contribution is 7.20. The average molecular weight is 380 g/mol. The van der Waals surface area contributed by atoms with Crippen molar-refractivity contribution >= 4 is 53.4 Å². The third kappa shape index (κ3) is 4.67. The quantitative estimate of drug-likeness (QED) is 0.853. The van der Waals surface area contributed by atoms with Crippen molar-refractivity contribution in [2.45, 2.75) is 37.8 Å². The molecule has 3 rings (SSSR count). The third-order valence-electron chi connectivity index (χ3n) is 3.58. The second-order valence-electron chi connectivity index (χ2n) is 5.10. The van der Waals surface area contributed by atoms with Gasteiger partial charge in [0, 0.05) is 17.5 Å². The van der Waals surface area contributed by atoms with Gasteiger partial charge in [0.05, 0.1) is 4.88 Å². The Morgan fingerprint density at radius 3 is 2.59 bits per heavy atom. The molecule has 2 aromatic heterocycles. The molecule has 1 amide bonds. The fraction of sp³-hybridized carbons (Fsp3) is 0.429. The Labute approximate surface area is 150 Å². The number of nitrogens with two attached hydrogens (primary N) is 1. The molecule has 22 heavy (non-hydrogen) atoms. The Bertz CT molecular complexity index is 581. The highest BCUT2D eigenvalue weighted by Gasteiger charge is 2.21. The van der Waals surface area contributed by atoms with Gasteiger partial charge in [-0.1, -0.05) is 6.07 Å². The third-order valence-corrected chi connectivity index (χ3v) is 5.46. The summed E-state index contributed by atoms with van der Waals surface area (Å²) in [5.74, 6) is -0.0653. The van der Waals surface area contributed by atoms with Crippen molar-refractivity contribution in [3.8, 4) is 9.88 Å². The summed E-state index contributed by atoms with van der Waals surface area (Å²) in [6.07, 6.45) is 3.91. The number of halogens is 2. The van der Waals surface area contributed by atoms with Gasteiger partial charge in [-0.05, 0) is 37.1 Å². The molecule has 2 heterocycles. The van der Waals surface area contributed by atoms with Gasteiger partial charge in [-0.3, -0.25) is 4.79 Å². The minimum Gasteiger partial charge on any atom is -0.348 e. The van der Waals surface area contributed by atoms with Crippen LogP contribution in [0.15, 0.2) is 22.9 Å². The maximum atomic E-state index is 12.2. The molecule has 8 heteroatoms. The highest BCUT2D eigenvalue weighted by Crippen LogP contribution is 2.28. The molecule has 1 fully saturated rings. The molecule has 0 unspecified atom stereocenters. The zero-order valence-electron chi connectivity index (χ0n) is 11.9. The van der Waals surface area contributed by atoms with Gasteiger partial charge in [-0.2, -0.15) is 0 Å². The van der Waals surface area contributed by atoms with Crippen LogP contribution in [0.5, 0.6) is 0 Å². The number of thiazole rings is 1. The van der Waals surface area contributed by atoms with Crippen LogP contribution in [0.2, 0.25) is 0 Å². The van der Waals surface area contributed by atoms with E-state index >= 15 is 0 Å². The summed E-state index contributed by atoms with van der Waals surface area (Å²) in [5, 5.41) is 7.83. The first-order valence-corrected chi connectivity index (χ1v) is 8.54. The lowest BCUT2D eigenvalue weighted by atomic mass is 9.92. The van der Waals surface area contributed by atoms with Crippen LogP contribution in [0.4, 0.5) is 0 Å². The normalized spacial score (nSPS) is 20.6. The van der Waals surface area contributed by atoms with Gasteiger partial charge in [-0.15, -0.1) is 47.5 Å². The molecule has 122 valence electrons. The summed E-state index contributed by atoms with van der Waals surface area (Å²) in [6.45, 7) is 0. The van der Waals surface area contributed by atoms with Crippen LogP contribution in [0.1, 0.15) is 36.2 Å². The molecule has 0 saturated heterocycles. The van der Waals surface area contributed by atoms with Crippen LogP contribution in [-0.2, 0) is 0 Å². The maximum Gasteiger partial charge on any atom is 0.270 e. The number of aromatic nitrogens is 1. The summed E-state index contributed by atoms with van der Waals surface area (Å²) >= 11 is 3.16. The Kier molecular flexibility index (Phi) is 7.79. The lowest BCUT2D eigenvalue weighted by molar-refractivity contribution is 0.0921. The summed E-state index contributed by atoms with van der Waals surface area (Å²) in [4.78, 5) is 17.7. The van der Waals surface area contributed by atoms with E-state index in [0.29, 0.717) is 11.7 Å². The predicted molar refractivity (Wildman–Crippen MR) is 97.6 cm³/mol. The fourth-order valence-electron chi connectivity index (χ4n) is 2.41. The predicted octanol–water partition coefficient (Wildman–Crippen LogP) is 3.71. The van der Waals surface area contributed by atoms with E-state index in [1.165, 1.54) is 11.3 Å². The van der Waals surface area contributed by atoms with Crippen LogP contribution in [0.3, 0.4) is 0 Å². The van der Waals surface area contributed by atoms with Crippen LogP contribution in [0.25, 0.3) is 9.88 Å². The molecule has 2 aromatic rings. The van der Waals surface area contributed by atoms with Crippen molar-refractivity contribution in [2.24, 2.45) is 5.73 Å². The number of carbonyl (C=O) groups is 1. The Hall–Kier alpha value is -0.660. The smallest absolute Gasteiger partial charge is 0.270 e. The zero-order chi connectivity index (χ0) is 13.9. The molecule has 1 aliphatic rings. The monoisotopic (exact) mass is 379 g/mol. The van der Waals surface area contributed by atoms with Gasteiger partial charge in [-0.25, -0.2) is 4.98 Å². The molecule has 0 aromatic carbocycles. The second-order valence-corrected chi connectivity index (χ2v) is 6.91.